The summed E-state index contributed by atoms with van der Waals surface area (Å²) in [5.41, 5.74) is 2.19. The molecule has 26 heavy (non-hydrogen) atoms. The molecular formula is C21H23FN2O2. The Kier molecular flexibility index (Phi) is 4.74. The van der Waals surface area contributed by atoms with Crippen LogP contribution in [0.3, 0.4) is 0 Å². The number of nitrogens with one attached hydrogen (secondary N) is 1. The molecular weight excluding hydrogens is 331 g/mol. The Bertz CT molecular complexity index is 796. The topological polar surface area (TPSA) is 41.6 Å². The fourth-order valence-corrected chi connectivity index (χ4v) is 3.90. The van der Waals surface area contributed by atoms with Crippen molar-refractivity contribution < 1.29 is 13.9 Å². The number of rotatable bonds is 3. The Balaban J connectivity index is 1.37. The largest absolute Gasteiger partial charge is 0.371 e. The van der Waals surface area contributed by atoms with Gasteiger partial charge in [0.15, 0.2) is 0 Å². The van der Waals surface area contributed by atoms with Crippen LogP contribution in [0.2, 0.25) is 0 Å². The number of fused-ring (bicyclic) bond motifs is 1. The van der Waals surface area contributed by atoms with E-state index in [0.717, 1.165) is 19.5 Å². The SMILES string of the molecule is Cc1cc(C(=O)N[C@@H]2C[C@H]3CO[C@@H](c4ccccc4)CN3C2)ccc1F. The van der Waals surface area contributed by atoms with E-state index in [2.05, 4.69) is 22.3 Å². The number of aryl methyl sites for hydroxylation is 1. The number of carbonyl (C=O) groups is 1. The van der Waals surface area contributed by atoms with Gasteiger partial charge in [-0.3, -0.25) is 9.69 Å². The number of hydrogen-bond donors (Lipinski definition) is 1. The minimum atomic E-state index is -0.288. The van der Waals surface area contributed by atoms with Gasteiger partial charge < -0.3 is 10.1 Å². The molecule has 0 spiro atoms. The lowest BCUT2D eigenvalue weighted by Gasteiger charge is -2.35. The standard InChI is InChI=1S/C21H23FN2O2/c1-14-9-16(7-8-19(14)22)21(25)23-17-10-18-13-26-20(12-24(18)11-17)15-5-3-2-4-6-15/h2-9,17-18,20H,10-13H2,1H3,(H,23,25)/t17-,18+,20-/m1/s1. The Labute approximate surface area is 153 Å². The smallest absolute Gasteiger partial charge is 0.251 e. The summed E-state index contributed by atoms with van der Waals surface area (Å²) in [7, 11) is 0. The van der Waals surface area contributed by atoms with Gasteiger partial charge in [0, 0.05) is 30.7 Å². The van der Waals surface area contributed by atoms with Gasteiger partial charge in [-0.2, -0.15) is 0 Å². The van der Waals surface area contributed by atoms with Gasteiger partial charge in [-0.05, 0) is 42.7 Å². The molecule has 2 heterocycles. The van der Waals surface area contributed by atoms with Gasteiger partial charge in [0.2, 0.25) is 0 Å². The van der Waals surface area contributed by atoms with Crippen LogP contribution in [0, 0.1) is 12.7 Å². The fraction of sp³-hybridized carbons (Fsp3) is 0.381. The van der Waals surface area contributed by atoms with Crippen molar-refractivity contribution in [3.8, 4) is 0 Å². The van der Waals surface area contributed by atoms with Crippen LogP contribution >= 0.6 is 0 Å². The van der Waals surface area contributed by atoms with E-state index in [4.69, 9.17) is 4.74 Å². The number of hydrogen-bond acceptors (Lipinski definition) is 3. The number of halogens is 1. The molecule has 2 aliphatic heterocycles. The Morgan fingerprint density at radius 2 is 2.00 bits per heavy atom. The van der Waals surface area contributed by atoms with Crippen LogP contribution in [0.5, 0.6) is 0 Å². The normalized spacial score (nSPS) is 25.7. The van der Waals surface area contributed by atoms with Crippen LogP contribution in [0.1, 0.15) is 34.0 Å². The highest BCUT2D eigenvalue weighted by Crippen LogP contribution is 2.30. The first kappa shape index (κ1) is 17.2. The van der Waals surface area contributed by atoms with E-state index in [1.807, 2.05) is 18.2 Å². The van der Waals surface area contributed by atoms with E-state index in [0.29, 0.717) is 23.8 Å². The van der Waals surface area contributed by atoms with Gasteiger partial charge in [-0.15, -0.1) is 0 Å². The number of morpholine rings is 1. The third-order valence-electron chi connectivity index (χ3n) is 5.34. The molecule has 2 saturated heterocycles. The highest BCUT2D eigenvalue weighted by molar-refractivity contribution is 5.94. The first-order valence-electron chi connectivity index (χ1n) is 9.08. The van der Waals surface area contributed by atoms with Crippen LogP contribution in [0.4, 0.5) is 4.39 Å². The predicted molar refractivity (Wildman–Crippen MR) is 97.5 cm³/mol. The molecule has 0 radical (unpaired) electrons. The van der Waals surface area contributed by atoms with Crippen molar-refractivity contribution in [1.82, 2.24) is 10.2 Å². The Hall–Kier alpha value is -2.24. The lowest BCUT2D eigenvalue weighted by atomic mass is 10.1. The maximum absolute atomic E-state index is 13.4. The quantitative estimate of drug-likeness (QED) is 0.921. The van der Waals surface area contributed by atoms with Crippen LogP contribution < -0.4 is 5.32 Å². The average molecular weight is 354 g/mol. The predicted octanol–water partition coefficient (Wildman–Crippen LogP) is 3.08. The van der Waals surface area contributed by atoms with Gasteiger partial charge in [0.1, 0.15) is 5.82 Å². The highest BCUT2D eigenvalue weighted by Gasteiger charge is 2.38. The molecule has 5 heteroatoms. The summed E-state index contributed by atoms with van der Waals surface area (Å²) in [6.45, 7) is 4.02. The van der Waals surface area contributed by atoms with Crippen molar-refractivity contribution in [2.75, 3.05) is 19.7 Å². The molecule has 0 bridgehead atoms. The second-order valence-corrected chi connectivity index (χ2v) is 7.21. The Morgan fingerprint density at radius 3 is 2.77 bits per heavy atom. The van der Waals surface area contributed by atoms with Crippen molar-refractivity contribution in [2.24, 2.45) is 0 Å². The van der Waals surface area contributed by atoms with Crippen molar-refractivity contribution >= 4 is 5.91 Å². The molecule has 0 unspecified atom stereocenters. The molecule has 4 rings (SSSR count). The molecule has 0 saturated carbocycles. The van der Waals surface area contributed by atoms with Crippen molar-refractivity contribution in [1.29, 1.82) is 0 Å². The maximum atomic E-state index is 13.4. The number of nitrogens with zero attached hydrogens (tertiary/aromatic N) is 1. The summed E-state index contributed by atoms with van der Waals surface area (Å²) in [4.78, 5) is 14.9. The number of benzene rings is 2. The van der Waals surface area contributed by atoms with Crippen molar-refractivity contribution in [2.45, 2.75) is 31.5 Å². The summed E-state index contributed by atoms with van der Waals surface area (Å²) in [6, 6.07) is 15.2. The second kappa shape index (κ2) is 7.17. The third kappa shape index (κ3) is 3.50. The summed E-state index contributed by atoms with van der Waals surface area (Å²) < 4.78 is 19.4. The third-order valence-corrected chi connectivity index (χ3v) is 5.34. The first-order chi connectivity index (χ1) is 12.6. The van der Waals surface area contributed by atoms with Gasteiger partial charge >= 0.3 is 0 Å². The van der Waals surface area contributed by atoms with E-state index in [1.54, 1.807) is 13.0 Å². The zero-order valence-corrected chi connectivity index (χ0v) is 14.8. The van der Waals surface area contributed by atoms with Gasteiger partial charge in [0.25, 0.3) is 5.91 Å². The maximum Gasteiger partial charge on any atom is 0.251 e. The summed E-state index contributed by atoms with van der Waals surface area (Å²) in [5.74, 6) is -0.429. The first-order valence-corrected chi connectivity index (χ1v) is 9.08. The van der Waals surface area contributed by atoms with Crippen LogP contribution in [0.25, 0.3) is 0 Å². The monoisotopic (exact) mass is 354 g/mol. The second-order valence-electron chi connectivity index (χ2n) is 7.21. The van der Waals surface area contributed by atoms with Crippen LogP contribution in [-0.4, -0.2) is 42.6 Å². The highest BCUT2D eigenvalue weighted by atomic mass is 19.1. The molecule has 3 atom stereocenters. The molecule has 136 valence electrons. The van der Waals surface area contributed by atoms with Gasteiger partial charge in [0.05, 0.1) is 12.7 Å². The van der Waals surface area contributed by atoms with Gasteiger partial charge in [-0.1, -0.05) is 30.3 Å². The average Bonchev–Trinajstić information content (AvgIpc) is 3.06. The molecule has 0 aromatic heterocycles. The van der Waals surface area contributed by atoms with Crippen molar-refractivity contribution in [3.63, 3.8) is 0 Å². The zero-order chi connectivity index (χ0) is 18.1. The number of carbonyl (C=O) groups excluding carboxylic acids is 1. The molecule has 1 N–H and O–H groups in total. The van der Waals surface area contributed by atoms with Gasteiger partial charge in [-0.25, -0.2) is 4.39 Å². The summed E-state index contributed by atoms with van der Waals surface area (Å²) >= 11 is 0. The Morgan fingerprint density at radius 1 is 1.19 bits per heavy atom. The molecule has 2 aromatic rings. The lowest BCUT2D eigenvalue weighted by Crippen LogP contribution is -2.43. The number of amides is 1. The molecule has 2 fully saturated rings. The molecule has 0 aliphatic carbocycles. The van der Waals surface area contributed by atoms with E-state index in [9.17, 15) is 9.18 Å². The lowest BCUT2D eigenvalue weighted by molar-refractivity contribution is -0.0502. The van der Waals surface area contributed by atoms with E-state index >= 15 is 0 Å². The molecule has 2 aliphatic rings. The minimum absolute atomic E-state index is 0.0849. The molecule has 2 aromatic carbocycles. The fourth-order valence-electron chi connectivity index (χ4n) is 3.90. The number of ether oxygens (including phenoxy) is 1. The van der Waals surface area contributed by atoms with E-state index in [1.165, 1.54) is 17.7 Å². The zero-order valence-electron chi connectivity index (χ0n) is 14.8. The van der Waals surface area contributed by atoms with E-state index < -0.39 is 0 Å². The summed E-state index contributed by atoms with van der Waals surface area (Å²) in [6.07, 6.45) is 0.967. The van der Waals surface area contributed by atoms with Crippen LogP contribution in [-0.2, 0) is 4.74 Å². The van der Waals surface area contributed by atoms with Crippen LogP contribution in [0.15, 0.2) is 48.5 Å². The molecule has 1 amide bonds. The van der Waals surface area contributed by atoms with E-state index in [-0.39, 0.29) is 23.9 Å². The van der Waals surface area contributed by atoms with Crippen molar-refractivity contribution in [3.05, 3.63) is 71.0 Å². The minimum Gasteiger partial charge on any atom is -0.371 e. The summed E-state index contributed by atoms with van der Waals surface area (Å²) in [5, 5.41) is 3.09. The molecule has 4 nitrogen and oxygen atoms in total.